The van der Waals surface area contributed by atoms with Gasteiger partial charge in [-0.3, -0.25) is 0 Å². The highest BCUT2D eigenvalue weighted by Crippen LogP contribution is 2.61. The predicted octanol–water partition coefficient (Wildman–Crippen LogP) is 2.06. The predicted molar refractivity (Wildman–Crippen MR) is 74.2 cm³/mol. The molecular formula is C13H12BrNO3S. The van der Waals surface area contributed by atoms with E-state index < -0.39 is 26.4 Å². The molecule has 0 unspecified atom stereocenters. The van der Waals surface area contributed by atoms with Gasteiger partial charge in [0, 0.05) is 16.1 Å². The number of hydrogen-bond acceptors (Lipinski definition) is 4. The molecule has 0 N–H and O–H groups in total. The summed E-state index contributed by atoms with van der Waals surface area (Å²) in [5.41, 5.74) is -0.721. The summed E-state index contributed by atoms with van der Waals surface area (Å²) in [6, 6.07) is 8.94. The lowest BCUT2D eigenvalue weighted by Crippen LogP contribution is -2.17. The highest BCUT2D eigenvalue weighted by atomic mass is 79.9. The van der Waals surface area contributed by atoms with E-state index in [-0.39, 0.29) is 5.75 Å². The molecule has 1 saturated carbocycles. The van der Waals surface area contributed by atoms with E-state index in [1.54, 1.807) is 24.3 Å². The third kappa shape index (κ3) is 2.11. The molecule has 0 radical (unpaired) electrons. The van der Waals surface area contributed by atoms with Gasteiger partial charge in [-0.1, -0.05) is 35.0 Å². The maximum absolute atomic E-state index is 12.0. The molecular weight excluding hydrogens is 330 g/mol. The lowest BCUT2D eigenvalue weighted by molar-refractivity contribution is -0.110. The van der Waals surface area contributed by atoms with Gasteiger partial charge in [0.1, 0.15) is 11.7 Å². The Kier molecular flexibility index (Phi) is 3.54. The lowest BCUT2D eigenvalue weighted by Gasteiger charge is -2.00. The monoisotopic (exact) mass is 341 g/mol. The molecule has 0 aromatic heterocycles. The quantitative estimate of drug-likeness (QED) is 0.785. The first kappa shape index (κ1) is 14.2. The Balaban J connectivity index is 2.49. The van der Waals surface area contributed by atoms with E-state index >= 15 is 0 Å². The second kappa shape index (κ2) is 4.73. The Labute approximate surface area is 120 Å². The maximum atomic E-state index is 12.0. The summed E-state index contributed by atoms with van der Waals surface area (Å²) in [5.74, 6) is -0.629. The molecule has 0 saturated heterocycles. The number of halogens is 1. The Morgan fingerprint density at radius 1 is 1.42 bits per heavy atom. The molecule has 1 aromatic rings. The SMILES string of the molecule is CCS(=O)(=O)[C@H]1[C@@H](c2ccc(Br)cc2)[C@@]1(C#N)C=O. The van der Waals surface area contributed by atoms with Crippen molar-refractivity contribution in [1.29, 1.82) is 5.26 Å². The van der Waals surface area contributed by atoms with E-state index in [0.717, 1.165) is 4.47 Å². The molecule has 2 rings (SSSR count). The van der Waals surface area contributed by atoms with Crippen molar-refractivity contribution in [3.8, 4) is 6.07 Å². The van der Waals surface area contributed by atoms with Crippen LogP contribution in [0.15, 0.2) is 28.7 Å². The fourth-order valence-corrected chi connectivity index (χ4v) is 4.67. The van der Waals surface area contributed by atoms with Crippen molar-refractivity contribution < 1.29 is 13.2 Å². The molecule has 3 atom stereocenters. The summed E-state index contributed by atoms with van der Waals surface area (Å²) in [5, 5.41) is 8.29. The molecule has 1 fully saturated rings. The average Bonchev–Trinajstić information content (AvgIpc) is 3.10. The van der Waals surface area contributed by atoms with Crippen LogP contribution in [-0.2, 0) is 14.6 Å². The minimum absolute atomic E-state index is 0.0675. The van der Waals surface area contributed by atoms with Crippen LogP contribution in [-0.4, -0.2) is 25.7 Å². The van der Waals surface area contributed by atoms with Crippen LogP contribution in [0.1, 0.15) is 18.4 Å². The molecule has 19 heavy (non-hydrogen) atoms. The third-order valence-electron chi connectivity index (χ3n) is 3.59. The zero-order valence-corrected chi connectivity index (χ0v) is 12.6. The van der Waals surface area contributed by atoms with E-state index in [2.05, 4.69) is 15.9 Å². The van der Waals surface area contributed by atoms with Gasteiger partial charge in [0.05, 0.1) is 11.3 Å². The van der Waals surface area contributed by atoms with Gasteiger partial charge in [-0.2, -0.15) is 5.26 Å². The van der Waals surface area contributed by atoms with E-state index in [1.165, 1.54) is 6.92 Å². The van der Waals surface area contributed by atoms with E-state index in [9.17, 15) is 18.5 Å². The first-order valence-corrected chi connectivity index (χ1v) is 8.28. The van der Waals surface area contributed by atoms with Crippen molar-refractivity contribution >= 4 is 32.1 Å². The van der Waals surface area contributed by atoms with Gasteiger partial charge in [-0.05, 0) is 17.7 Å². The van der Waals surface area contributed by atoms with E-state index in [0.29, 0.717) is 11.8 Å². The standard InChI is InChI=1S/C13H12BrNO3S/c1-2-19(17,18)12-11(13(12,7-15)8-16)9-3-5-10(14)6-4-9/h3-6,8,11-12H,2H2,1H3/t11-,12+,13-/m1/s1. The number of carbonyl (C=O) groups is 1. The molecule has 0 amide bonds. The average molecular weight is 342 g/mol. The van der Waals surface area contributed by atoms with Crippen LogP contribution in [0, 0.1) is 16.7 Å². The first-order chi connectivity index (χ1) is 8.93. The highest BCUT2D eigenvalue weighted by Gasteiger charge is 2.72. The smallest absolute Gasteiger partial charge is 0.155 e. The number of hydrogen-bond donors (Lipinski definition) is 0. The van der Waals surface area contributed by atoms with E-state index in [4.69, 9.17) is 0 Å². The van der Waals surface area contributed by atoms with Gasteiger partial charge in [-0.15, -0.1) is 0 Å². The highest BCUT2D eigenvalue weighted by molar-refractivity contribution is 9.10. The van der Waals surface area contributed by atoms with Crippen LogP contribution in [0.4, 0.5) is 0 Å². The summed E-state index contributed by atoms with van der Waals surface area (Å²) in [7, 11) is -3.43. The van der Waals surface area contributed by atoms with Crippen LogP contribution in [0.2, 0.25) is 0 Å². The molecule has 4 nitrogen and oxygen atoms in total. The molecule has 100 valence electrons. The summed E-state index contributed by atoms with van der Waals surface area (Å²) in [6.07, 6.45) is 0.484. The van der Waals surface area contributed by atoms with Crippen LogP contribution in [0.5, 0.6) is 0 Å². The fraction of sp³-hybridized carbons (Fsp3) is 0.385. The number of carbonyl (C=O) groups excluding carboxylic acids is 1. The zero-order valence-electron chi connectivity index (χ0n) is 10.2. The Bertz CT molecular complexity index is 647. The lowest BCUT2D eigenvalue weighted by atomic mass is 10.0. The summed E-state index contributed by atoms with van der Waals surface area (Å²) < 4.78 is 24.9. The topological polar surface area (TPSA) is 75.0 Å². The van der Waals surface area contributed by atoms with Crippen LogP contribution >= 0.6 is 15.9 Å². The molecule has 1 aliphatic rings. The number of nitriles is 1. The summed E-state index contributed by atoms with van der Waals surface area (Å²) >= 11 is 3.29. The van der Waals surface area contributed by atoms with Crippen LogP contribution in [0.3, 0.4) is 0 Å². The van der Waals surface area contributed by atoms with Crippen LogP contribution in [0.25, 0.3) is 0 Å². The number of sulfone groups is 1. The van der Waals surface area contributed by atoms with Gasteiger partial charge in [0.25, 0.3) is 0 Å². The van der Waals surface area contributed by atoms with Gasteiger partial charge in [0.15, 0.2) is 9.84 Å². The Morgan fingerprint density at radius 2 is 2.00 bits per heavy atom. The Hall–Kier alpha value is -1.19. The molecule has 1 aliphatic carbocycles. The van der Waals surface area contributed by atoms with Crippen molar-refractivity contribution in [1.82, 2.24) is 0 Å². The molecule has 0 spiro atoms. The minimum atomic E-state index is -3.43. The Morgan fingerprint density at radius 3 is 2.42 bits per heavy atom. The molecule has 0 bridgehead atoms. The number of aldehydes is 1. The largest absolute Gasteiger partial charge is 0.302 e. The molecule has 0 heterocycles. The van der Waals surface area contributed by atoms with Gasteiger partial charge in [0.2, 0.25) is 0 Å². The van der Waals surface area contributed by atoms with E-state index in [1.807, 2.05) is 6.07 Å². The minimum Gasteiger partial charge on any atom is -0.302 e. The molecule has 6 heteroatoms. The number of rotatable bonds is 4. The van der Waals surface area contributed by atoms with Crippen LogP contribution < -0.4 is 0 Å². The molecule has 1 aromatic carbocycles. The zero-order chi connectivity index (χ0) is 14.3. The summed E-state index contributed by atoms with van der Waals surface area (Å²) in [6.45, 7) is 1.53. The van der Waals surface area contributed by atoms with Gasteiger partial charge in [-0.25, -0.2) is 8.42 Å². The number of nitrogens with zero attached hydrogens (tertiary/aromatic N) is 1. The summed E-state index contributed by atoms with van der Waals surface area (Å²) in [4.78, 5) is 11.2. The first-order valence-electron chi connectivity index (χ1n) is 5.77. The second-order valence-corrected chi connectivity index (χ2v) is 7.89. The van der Waals surface area contributed by atoms with Gasteiger partial charge >= 0.3 is 0 Å². The van der Waals surface area contributed by atoms with Crippen molar-refractivity contribution in [2.75, 3.05) is 5.75 Å². The third-order valence-corrected chi connectivity index (χ3v) is 6.36. The second-order valence-electron chi connectivity index (χ2n) is 4.56. The van der Waals surface area contributed by atoms with Crippen molar-refractivity contribution in [2.24, 2.45) is 5.41 Å². The van der Waals surface area contributed by atoms with Crippen molar-refractivity contribution in [3.63, 3.8) is 0 Å². The number of benzene rings is 1. The normalized spacial score (nSPS) is 29.5. The van der Waals surface area contributed by atoms with Crippen molar-refractivity contribution in [2.45, 2.75) is 18.1 Å². The van der Waals surface area contributed by atoms with Gasteiger partial charge < -0.3 is 4.79 Å². The van der Waals surface area contributed by atoms with Crippen molar-refractivity contribution in [3.05, 3.63) is 34.3 Å². The fourth-order valence-electron chi connectivity index (χ4n) is 2.48. The molecule has 0 aliphatic heterocycles. The maximum Gasteiger partial charge on any atom is 0.155 e.